The third-order valence-corrected chi connectivity index (χ3v) is 6.19. The van der Waals surface area contributed by atoms with E-state index in [-0.39, 0.29) is 11.8 Å². The number of guanidine groups is 1. The molecule has 3 fully saturated rings. The third kappa shape index (κ3) is 5.60. The van der Waals surface area contributed by atoms with Gasteiger partial charge in [0, 0.05) is 37.6 Å². The van der Waals surface area contributed by atoms with E-state index < -0.39 is 0 Å². The molecule has 148 valence electrons. The van der Waals surface area contributed by atoms with Crippen LogP contribution in [0.3, 0.4) is 0 Å². The van der Waals surface area contributed by atoms with Crippen molar-refractivity contribution in [3.05, 3.63) is 0 Å². The summed E-state index contributed by atoms with van der Waals surface area (Å²) in [5.41, 5.74) is 0. The second-order valence-electron chi connectivity index (χ2n) is 8.22. The lowest BCUT2D eigenvalue weighted by Gasteiger charge is -2.35. The van der Waals surface area contributed by atoms with Gasteiger partial charge in [-0.3, -0.25) is 14.7 Å². The van der Waals surface area contributed by atoms with E-state index in [0.29, 0.717) is 18.1 Å². The van der Waals surface area contributed by atoms with E-state index >= 15 is 0 Å². The maximum atomic E-state index is 12.4. The minimum absolute atomic E-state index is 0.161. The van der Waals surface area contributed by atoms with Gasteiger partial charge in [-0.1, -0.05) is 19.8 Å². The molecule has 0 aromatic carbocycles. The van der Waals surface area contributed by atoms with Gasteiger partial charge in [0.2, 0.25) is 5.91 Å². The van der Waals surface area contributed by atoms with E-state index in [2.05, 4.69) is 32.8 Å². The first kappa shape index (κ1) is 19.5. The van der Waals surface area contributed by atoms with Crippen LogP contribution in [0.1, 0.15) is 64.7 Å². The van der Waals surface area contributed by atoms with Crippen LogP contribution in [0.2, 0.25) is 0 Å². The molecule has 3 N–H and O–H groups in total. The average molecular weight is 364 g/mol. The molecule has 2 saturated carbocycles. The van der Waals surface area contributed by atoms with Gasteiger partial charge in [-0.15, -0.1) is 0 Å². The Morgan fingerprint density at radius 3 is 2.62 bits per heavy atom. The van der Waals surface area contributed by atoms with Gasteiger partial charge in [-0.2, -0.15) is 0 Å². The Balaban J connectivity index is 1.44. The molecule has 0 aromatic rings. The van der Waals surface area contributed by atoms with Crippen LogP contribution >= 0.6 is 0 Å². The fourth-order valence-electron chi connectivity index (χ4n) is 4.42. The Bertz CT molecular complexity index is 491. The van der Waals surface area contributed by atoms with Crippen molar-refractivity contribution >= 4 is 11.9 Å². The number of nitrogens with one attached hydrogen (secondary N) is 3. The van der Waals surface area contributed by atoms with Crippen molar-refractivity contribution in [2.24, 2.45) is 10.9 Å². The first-order valence-corrected chi connectivity index (χ1v) is 10.7. The van der Waals surface area contributed by atoms with Crippen LogP contribution in [0.5, 0.6) is 0 Å². The number of likely N-dealkylation sites (tertiary alicyclic amines) is 1. The van der Waals surface area contributed by atoms with Gasteiger partial charge in [0.15, 0.2) is 5.96 Å². The van der Waals surface area contributed by atoms with Crippen LogP contribution in [0, 0.1) is 5.92 Å². The number of likely N-dealkylation sites (N-methyl/N-ethyl adjacent to an activating group) is 1. The third-order valence-electron chi connectivity index (χ3n) is 6.19. The summed E-state index contributed by atoms with van der Waals surface area (Å²) in [6.45, 7) is 5.54. The summed E-state index contributed by atoms with van der Waals surface area (Å²) in [4.78, 5) is 19.4. The van der Waals surface area contributed by atoms with Crippen molar-refractivity contribution in [2.45, 2.75) is 82.8 Å². The topological polar surface area (TPSA) is 68.8 Å². The van der Waals surface area contributed by atoms with Crippen LogP contribution in [0.25, 0.3) is 0 Å². The first-order valence-electron chi connectivity index (χ1n) is 10.7. The molecule has 6 nitrogen and oxygen atoms in total. The predicted octanol–water partition coefficient (Wildman–Crippen LogP) is 1.86. The smallest absolute Gasteiger partial charge is 0.223 e. The molecule has 1 amide bonds. The number of nitrogens with zero attached hydrogens (tertiary/aromatic N) is 2. The van der Waals surface area contributed by atoms with Crippen LogP contribution < -0.4 is 16.0 Å². The molecule has 0 radical (unpaired) electrons. The molecule has 3 rings (SSSR count). The Labute approximate surface area is 158 Å². The van der Waals surface area contributed by atoms with Gasteiger partial charge >= 0.3 is 0 Å². The fraction of sp³-hybridized carbons (Fsp3) is 0.900. The summed E-state index contributed by atoms with van der Waals surface area (Å²) < 4.78 is 0. The Morgan fingerprint density at radius 2 is 1.88 bits per heavy atom. The van der Waals surface area contributed by atoms with Crippen LogP contribution in [0.4, 0.5) is 0 Å². The highest BCUT2D eigenvalue weighted by molar-refractivity contribution is 5.81. The number of carbonyl (C=O) groups excluding carboxylic acids is 1. The van der Waals surface area contributed by atoms with Crippen LogP contribution in [-0.4, -0.2) is 61.6 Å². The number of hydrogen-bond acceptors (Lipinski definition) is 3. The minimum Gasteiger partial charge on any atom is -0.355 e. The zero-order valence-corrected chi connectivity index (χ0v) is 16.6. The lowest BCUT2D eigenvalue weighted by Crippen LogP contribution is -2.51. The number of hydrogen-bond donors (Lipinski definition) is 3. The molecule has 1 saturated heterocycles. The molecule has 26 heavy (non-hydrogen) atoms. The molecular formula is C20H37N5O. The molecule has 0 spiro atoms. The molecule has 0 aromatic heterocycles. The highest BCUT2D eigenvalue weighted by Gasteiger charge is 2.31. The van der Waals surface area contributed by atoms with E-state index in [1.807, 2.05) is 7.05 Å². The van der Waals surface area contributed by atoms with Gasteiger partial charge in [0.1, 0.15) is 0 Å². The summed E-state index contributed by atoms with van der Waals surface area (Å²) in [5.74, 6) is 1.32. The van der Waals surface area contributed by atoms with Crippen molar-refractivity contribution in [1.29, 1.82) is 0 Å². The second-order valence-corrected chi connectivity index (χ2v) is 8.22. The Kier molecular flexibility index (Phi) is 7.17. The van der Waals surface area contributed by atoms with E-state index in [1.165, 1.54) is 25.8 Å². The second kappa shape index (κ2) is 9.58. The zero-order valence-electron chi connectivity index (χ0n) is 16.6. The molecular weight excluding hydrogens is 326 g/mol. The maximum Gasteiger partial charge on any atom is 0.223 e. The average Bonchev–Trinajstić information content (AvgIpc) is 3.49. The number of rotatable bonds is 6. The molecule has 3 unspecified atom stereocenters. The Hall–Kier alpha value is -1.30. The molecule has 0 bridgehead atoms. The Morgan fingerprint density at radius 1 is 1.04 bits per heavy atom. The van der Waals surface area contributed by atoms with E-state index in [1.54, 1.807) is 0 Å². The quantitative estimate of drug-likeness (QED) is 0.498. The molecule has 1 heterocycles. The van der Waals surface area contributed by atoms with E-state index in [9.17, 15) is 4.79 Å². The van der Waals surface area contributed by atoms with Crippen LogP contribution in [0.15, 0.2) is 4.99 Å². The van der Waals surface area contributed by atoms with Crippen molar-refractivity contribution in [3.63, 3.8) is 0 Å². The SMILES string of the molecule is CCN1CCCCC1CNC(=NC)NC1CCCC(C(=O)NC2CC2)C1. The van der Waals surface area contributed by atoms with Crippen molar-refractivity contribution in [1.82, 2.24) is 20.9 Å². The highest BCUT2D eigenvalue weighted by Crippen LogP contribution is 2.26. The standard InChI is InChI=1S/C20H37N5O/c1-3-25-12-5-4-9-18(25)14-22-20(21-2)24-17-8-6-7-15(13-17)19(26)23-16-10-11-16/h15-18H,3-14H2,1-2H3,(H,23,26)(H2,21,22,24). The zero-order chi connectivity index (χ0) is 18.4. The van der Waals surface area contributed by atoms with Crippen LogP contribution in [-0.2, 0) is 4.79 Å². The number of aliphatic imine (C=N–C) groups is 1. The molecule has 1 aliphatic heterocycles. The fourth-order valence-corrected chi connectivity index (χ4v) is 4.42. The lowest BCUT2D eigenvalue weighted by atomic mass is 9.85. The van der Waals surface area contributed by atoms with E-state index in [0.717, 1.165) is 57.6 Å². The number of carbonyl (C=O) groups is 1. The van der Waals surface area contributed by atoms with Gasteiger partial charge < -0.3 is 16.0 Å². The molecule has 3 aliphatic rings. The summed E-state index contributed by atoms with van der Waals surface area (Å²) >= 11 is 0. The normalized spacial score (nSPS) is 30.7. The van der Waals surface area contributed by atoms with Crippen molar-refractivity contribution < 1.29 is 4.79 Å². The minimum atomic E-state index is 0.161. The molecule has 3 atom stereocenters. The largest absolute Gasteiger partial charge is 0.355 e. The monoisotopic (exact) mass is 363 g/mol. The number of piperidine rings is 1. The van der Waals surface area contributed by atoms with Gasteiger partial charge in [0.05, 0.1) is 0 Å². The summed E-state index contributed by atoms with van der Waals surface area (Å²) in [6.07, 6.45) is 10.4. The lowest BCUT2D eigenvalue weighted by molar-refractivity contribution is -0.126. The van der Waals surface area contributed by atoms with Crippen molar-refractivity contribution in [2.75, 3.05) is 26.7 Å². The maximum absolute atomic E-state index is 12.4. The summed E-state index contributed by atoms with van der Waals surface area (Å²) in [7, 11) is 1.84. The first-order chi connectivity index (χ1) is 12.7. The number of amides is 1. The van der Waals surface area contributed by atoms with Crippen molar-refractivity contribution in [3.8, 4) is 0 Å². The summed E-state index contributed by atoms with van der Waals surface area (Å²) in [6, 6.07) is 1.41. The summed E-state index contributed by atoms with van der Waals surface area (Å²) in [5, 5.41) is 10.3. The predicted molar refractivity (Wildman–Crippen MR) is 106 cm³/mol. The van der Waals surface area contributed by atoms with Gasteiger partial charge in [-0.25, -0.2) is 0 Å². The molecule has 2 aliphatic carbocycles. The van der Waals surface area contributed by atoms with Gasteiger partial charge in [-0.05, 0) is 58.0 Å². The van der Waals surface area contributed by atoms with Gasteiger partial charge in [0.25, 0.3) is 0 Å². The molecule has 6 heteroatoms. The highest BCUT2D eigenvalue weighted by atomic mass is 16.2. The van der Waals surface area contributed by atoms with E-state index in [4.69, 9.17) is 0 Å².